The van der Waals surface area contributed by atoms with Crippen molar-refractivity contribution >= 4 is 17.5 Å². The van der Waals surface area contributed by atoms with E-state index in [0.717, 1.165) is 18.4 Å². The molecule has 2 aliphatic heterocycles. The maximum Gasteiger partial charge on any atom is 0.246 e. The topological polar surface area (TPSA) is 80.0 Å². The average Bonchev–Trinajstić information content (AvgIpc) is 3.20. The van der Waals surface area contributed by atoms with Crippen LogP contribution in [-0.2, 0) is 11.3 Å². The van der Waals surface area contributed by atoms with E-state index >= 15 is 0 Å². The highest BCUT2D eigenvalue weighted by atomic mass is 35.5. The number of benzene rings is 1. The first-order valence-electron chi connectivity index (χ1n) is 8.77. The molecule has 2 aliphatic rings. The largest absolute Gasteiger partial charge is 0.347 e. The van der Waals surface area contributed by atoms with Gasteiger partial charge in [-0.2, -0.15) is 4.98 Å². The Balaban J connectivity index is 1.29. The lowest BCUT2D eigenvalue weighted by Crippen LogP contribution is -2.39. The molecule has 2 unspecified atom stereocenters. The number of nitrogens with zero attached hydrogens (tertiary/aromatic N) is 2. The molecule has 0 radical (unpaired) electrons. The molecule has 7 heteroatoms. The number of fused-ring (bicyclic) bond motifs is 2. The molecule has 0 spiro atoms. The molecule has 2 saturated heterocycles. The van der Waals surface area contributed by atoms with E-state index in [1.165, 1.54) is 12.8 Å². The smallest absolute Gasteiger partial charge is 0.246 e. The number of amides is 1. The highest BCUT2D eigenvalue weighted by Gasteiger charge is 2.34. The van der Waals surface area contributed by atoms with Crippen LogP contribution in [0.25, 0.3) is 11.4 Å². The predicted octanol–water partition coefficient (Wildman–Crippen LogP) is 2.93. The summed E-state index contributed by atoms with van der Waals surface area (Å²) in [6, 6.07) is 8.48. The van der Waals surface area contributed by atoms with Crippen molar-refractivity contribution in [3.05, 3.63) is 35.2 Å². The fraction of sp³-hybridized carbons (Fsp3) is 0.500. The maximum absolute atomic E-state index is 12.2. The van der Waals surface area contributed by atoms with Crippen LogP contribution < -0.4 is 10.6 Å². The van der Waals surface area contributed by atoms with Gasteiger partial charge in [0, 0.05) is 29.1 Å². The molecule has 25 heavy (non-hydrogen) atoms. The summed E-state index contributed by atoms with van der Waals surface area (Å²) >= 11 is 5.97. The fourth-order valence-electron chi connectivity index (χ4n) is 3.92. The Kier molecular flexibility index (Phi) is 4.72. The Labute approximate surface area is 151 Å². The molecule has 1 amide bonds. The Morgan fingerprint density at radius 2 is 2.12 bits per heavy atom. The Bertz CT molecular complexity index is 751. The molecule has 132 valence electrons. The van der Waals surface area contributed by atoms with E-state index in [2.05, 4.69) is 20.8 Å². The number of piperidine rings is 1. The third-order valence-electron chi connectivity index (χ3n) is 5.03. The van der Waals surface area contributed by atoms with Crippen molar-refractivity contribution in [1.82, 2.24) is 20.8 Å². The first kappa shape index (κ1) is 16.5. The van der Waals surface area contributed by atoms with Gasteiger partial charge in [-0.3, -0.25) is 4.79 Å². The zero-order chi connectivity index (χ0) is 17.2. The van der Waals surface area contributed by atoms with Gasteiger partial charge in [-0.25, -0.2) is 0 Å². The van der Waals surface area contributed by atoms with Gasteiger partial charge in [0.2, 0.25) is 17.6 Å². The van der Waals surface area contributed by atoms with Gasteiger partial charge in [0.15, 0.2) is 0 Å². The fourth-order valence-corrected chi connectivity index (χ4v) is 4.11. The zero-order valence-electron chi connectivity index (χ0n) is 13.9. The average molecular weight is 361 g/mol. The van der Waals surface area contributed by atoms with E-state index in [0.29, 0.717) is 41.2 Å². The van der Waals surface area contributed by atoms with Crippen molar-refractivity contribution in [2.45, 2.75) is 50.7 Å². The first-order chi connectivity index (χ1) is 12.2. The number of nitrogens with one attached hydrogen (secondary N) is 2. The summed E-state index contributed by atoms with van der Waals surface area (Å²) in [5.41, 5.74) is 0.791. The second-order valence-corrected chi connectivity index (χ2v) is 7.41. The Hall–Kier alpha value is -1.92. The molecule has 2 N–H and O–H groups in total. The van der Waals surface area contributed by atoms with Crippen molar-refractivity contribution in [2.24, 2.45) is 5.92 Å². The van der Waals surface area contributed by atoms with Gasteiger partial charge in [-0.15, -0.1) is 0 Å². The SMILES string of the molecule is O=C(CC1CC2CCC(C1)N2)NCc1nc(-c2cccc(Cl)c2)no1. The highest BCUT2D eigenvalue weighted by Crippen LogP contribution is 2.32. The summed E-state index contributed by atoms with van der Waals surface area (Å²) in [7, 11) is 0. The minimum absolute atomic E-state index is 0.0498. The lowest BCUT2D eigenvalue weighted by Gasteiger charge is -2.28. The predicted molar refractivity (Wildman–Crippen MR) is 93.9 cm³/mol. The van der Waals surface area contributed by atoms with Gasteiger partial charge < -0.3 is 15.2 Å². The molecule has 0 aliphatic carbocycles. The molecule has 2 atom stereocenters. The normalized spacial score (nSPS) is 25.1. The Morgan fingerprint density at radius 1 is 1.32 bits per heavy atom. The monoisotopic (exact) mass is 360 g/mol. The van der Waals surface area contributed by atoms with E-state index < -0.39 is 0 Å². The number of carbonyl (C=O) groups is 1. The number of halogens is 1. The van der Waals surface area contributed by atoms with Crippen LogP contribution in [0.4, 0.5) is 0 Å². The third kappa shape index (κ3) is 4.02. The zero-order valence-corrected chi connectivity index (χ0v) is 14.6. The molecule has 6 nitrogen and oxygen atoms in total. The number of hydrogen-bond donors (Lipinski definition) is 2. The maximum atomic E-state index is 12.2. The summed E-state index contributed by atoms with van der Waals surface area (Å²) in [5, 5.41) is 11.1. The quantitative estimate of drug-likeness (QED) is 0.857. The summed E-state index contributed by atoms with van der Waals surface area (Å²) in [6.45, 7) is 0.254. The standard InChI is InChI=1S/C18H21ClN4O2/c19-13-3-1-2-12(9-13)18-22-17(25-23-18)10-20-16(24)8-11-6-14-4-5-15(7-11)21-14/h1-3,9,11,14-15,21H,4-8,10H2,(H,20,24). The van der Waals surface area contributed by atoms with Crippen LogP contribution in [0.2, 0.25) is 5.02 Å². The van der Waals surface area contributed by atoms with Crippen LogP contribution in [0.3, 0.4) is 0 Å². The van der Waals surface area contributed by atoms with E-state index in [4.69, 9.17) is 16.1 Å². The summed E-state index contributed by atoms with van der Waals surface area (Å²) in [4.78, 5) is 16.5. The molecule has 4 rings (SSSR count). The lowest BCUT2D eigenvalue weighted by molar-refractivity contribution is -0.122. The first-order valence-corrected chi connectivity index (χ1v) is 9.15. The summed E-state index contributed by atoms with van der Waals surface area (Å²) < 4.78 is 5.21. The molecular formula is C18H21ClN4O2. The van der Waals surface area contributed by atoms with E-state index in [1.807, 2.05) is 12.1 Å². The Morgan fingerprint density at radius 3 is 2.88 bits per heavy atom. The molecule has 3 heterocycles. The van der Waals surface area contributed by atoms with Crippen LogP contribution in [0.1, 0.15) is 38.0 Å². The van der Waals surface area contributed by atoms with Gasteiger partial charge in [0.05, 0.1) is 6.54 Å². The van der Waals surface area contributed by atoms with Gasteiger partial charge >= 0.3 is 0 Å². The number of rotatable bonds is 5. The highest BCUT2D eigenvalue weighted by molar-refractivity contribution is 6.30. The van der Waals surface area contributed by atoms with Crippen molar-refractivity contribution < 1.29 is 9.32 Å². The second-order valence-electron chi connectivity index (χ2n) is 6.98. The van der Waals surface area contributed by atoms with E-state index in [-0.39, 0.29) is 12.5 Å². The molecule has 1 aromatic heterocycles. The van der Waals surface area contributed by atoms with Crippen molar-refractivity contribution in [2.75, 3.05) is 0 Å². The molecule has 2 bridgehead atoms. The number of aromatic nitrogens is 2. The van der Waals surface area contributed by atoms with E-state index in [1.54, 1.807) is 12.1 Å². The van der Waals surface area contributed by atoms with Crippen molar-refractivity contribution in [1.29, 1.82) is 0 Å². The minimum Gasteiger partial charge on any atom is -0.347 e. The molecular weight excluding hydrogens is 340 g/mol. The summed E-state index contributed by atoms with van der Waals surface area (Å²) in [6.07, 6.45) is 5.27. The van der Waals surface area contributed by atoms with E-state index in [9.17, 15) is 4.79 Å². The van der Waals surface area contributed by atoms with Crippen molar-refractivity contribution in [3.8, 4) is 11.4 Å². The van der Waals surface area contributed by atoms with Gasteiger partial charge in [0.1, 0.15) is 0 Å². The second kappa shape index (κ2) is 7.14. The molecule has 1 aromatic carbocycles. The number of hydrogen-bond acceptors (Lipinski definition) is 5. The van der Waals surface area contributed by atoms with Gasteiger partial charge in [0.25, 0.3) is 0 Å². The van der Waals surface area contributed by atoms with Crippen LogP contribution in [0, 0.1) is 5.92 Å². The van der Waals surface area contributed by atoms with Crippen LogP contribution >= 0.6 is 11.6 Å². The summed E-state index contributed by atoms with van der Waals surface area (Å²) in [5.74, 6) is 1.40. The van der Waals surface area contributed by atoms with Gasteiger partial charge in [-0.1, -0.05) is 28.9 Å². The van der Waals surface area contributed by atoms with Crippen molar-refractivity contribution in [3.63, 3.8) is 0 Å². The molecule has 2 fully saturated rings. The molecule has 0 saturated carbocycles. The van der Waals surface area contributed by atoms with Crippen LogP contribution in [-0.4, -0.2) is 28.1 Å². The van der Waals surface area contributed by atoms with Crippen LogP contribution in [0.15, 0.2) is 28.8 Å². The minimum atomic E-state index is 0.0498. The van der Waals surface area contributed by atoms with Crippen LogP contribution in [0.5, 0.6) is 0 Å². The number of carbonyl (C=O) groups excluding carboxylic acids is 1. The van der Waals surface area contributed by atoms with Gasteiger partial charge in [-0.05, 0) is 43.7 Å². The third-order valence-corrected chi connectivity index (χ3v) is 5.27. The lowest BCUT2D eigenvalue weighted by atomic mass is 9.89. The molecule has 2 aromatic rings.